The lowest BCUT2D eigenvalue weighted by molar-refractivity contribution is -0.120. The summed E-state index contributed by atoms with van der Waals surface area (Å²) in [5.74, 6) is -0.131. The third-order valence-corrected chi connectivity index (χ3v) is 3.23. The Bertz CT molecular complexity index is 762. The fourth-order valence-corrected chi connectivity index (χ4v) is 2.02. The van der Waals surface area contributed by atoms with Gasteiger partial charge in [0.2, 0.25) is 0 Å². The van der Waals surface area contributed by atoms with Gasteiger partial charge in [-0.25, -0.2) is 5.43 Å². The van der Waals surface area contributed by atoms with Crippen molar-refractivity contribution in [3.05, 3.63) is 64.7 Å². The quantitative estimate of drug-likeness (QED) is 0.622. The second-order valence-corrected chi connectivity index (χ2v) is 5.20. The first kappa shape index (κ1) is 17.5. The minimum atomic E-state index is -0.440. The number of carbonyl (C=O) groups excluding carboxylic acids is 2. The number of nitrogens with zero attached hydrogens (tertiary/aromatic N) is 1. The van der Waals surface area contributed by atoms with Gasteiger partial charge in [-0.2, -0.15) is 5.10 Å². The predicted molar refractivity (Wildman–Crippen MR) is 92.5 cm³/mol. The summed E-state index contributed by atoms with van der Waals surface area (Å²) >= 11 is 5.81. The van der Waals surface area contributed by atoms with E-state index in [1.165, 1.54) is 12.3 Å². The van der Waals surface area contributed by atoms with E-state index in [-0.39, 0.29) is 12.5 Å². The highest BCUT2D eigenvalue weighted by molar-refractivity contribution is 6.30. The molecule has 2 aromatic carbocycles. The average molecular weight is 346 g/mol. The van der Waals surface area contributed by atoms with Crippen molar-refractivity contribution in [2.75, 3.05) is 13.7 Å². The minimum Gasteiger partial charge on any atom is -0.497 e. The molecule has 2 rings (SSSR count). The van der Waals surface area contributed by atoms with Crippen LogP contribution in [0.3, 0.4) is 0 Å². The number of carbonyl (C=O) groups is 2. The van der Waals surface area contributed by atoms with Gasteiger partial charge in [-0.15, -0.1) is 0 Å². The number of amides is 2. The molecule has 2 aromatic rings. The maximum absolute atomic E-state index is 11.9. The Balaban J connectivity index is 1.80. The Morgan fingerprint density at radius 1 is 1.21 bits per heavy atom. The number of halogens is 1. The molecular weight excluding hydrogens is 330 g/mol. The van der Waals surface area contributed by atoms with E-state index in [9.17, 15) is 9.59 Å². The standard InChI is InChI=1S/C17H16ClN3O3/c1-24-15-7-2-4-12(8-15)10-20-21-16(22)11-19-17(23)13-5-3-6-14(18)9-13/h2-10H,11H2,1H3,(H,19,23)(H,21,22). The van der Waals surface area contributed by atoms with E-state index >= 15 is 0 Å². The Kier molecular flexibility index (Phi) is 6.33. The molecule has 6 nitrogen and oxygen atoms in total. The van der Waals surface area contributed by atoms with Crippen LogP contribution >= 0.6 is 11.6 Å². The molecule has 7 heteroatoms. The van der Waals surface area contributed by atoms with Gasteiger partial charge in [-0.1, -0.05) is 29.8 Å². The van der Waals surface area contributed by atoms with Gasteiger partial charge in [0, 0.05) is 10.6 Å². The zero-order chi connectivity index (χ0) is 17.4. The SMILES string of the molecule is COc1cccc(C=NNC(=O)CNC(=O)c2cccc(Cl)c2)c1. The molecule has 0 bridgehead atoms. The summed E-state index contributed by atoms with van der Waals surface area (Å²) < 4.78 is 5.09. The number of hydrogen-bond donors (Lipinski definition) is 2. The number of ether oxygens (including phenoxy) is 1. The molecule has 0 radical (unpaired) electrons. The van der Waals surface area contributed by atoms with E-state index in [4.69, 9.17) is 16.3 Å². The van der Waals surface area contributed by atoms with Crippen molar-refractivity contribution < 1.29 is 14.3 Å². The van der Waals surface area contributed by atoms with Gasteiger partial charge in [-0.3, -0.25) is 9.59 Å². The van der Waals surface area contributed by atoms with Gasteiger partial charge in [0.05, 0.1) is 19.9 Å². The summed E-state index contributed by atoms with van der Waals surface area (Å²) in [6.45, 7) is -0.194. The van der Waals surface area contributed by atoms with Crippen molar-refractivity contribution in [3.63, 3.8) is 0 Å². The van der Waals surface area contributed by atoms with Crippen LogP contribution < -0.4 is 15.5 Å². The summed E-state index contributed by atoms with van der Waals surface area (Å²) in [5, 5.41) is 6.77. The summed E-state index contributed by atoms with van der Waals surface area (Å²) in [5.41, 5.74) is 3.50. The molecule has 0 fully saturated rings. The molecule has 24 heavy (non-hydrogen) atoms. The van der Waals surface area contributed by atoms with Crippen LogP contribution in [-0.2, 0) is 4.79 Å². The zero-order valence-electron chi connectivity index (χ0n) is 13.0. The molecule has 2 N–H and O–H groups in total. The number of hydrazone groups is 1. The van der Waals surface area contributed by atoms with Gasteiger partial charge >= 0.3 is 0 Å². The largest absolute Gasteiger partial charge is 0.497 e. The topological polar surface area (TPSA) is 79.8 Å². The number of methoxy groups -OCH3 is 1. The normalized spacial score (nSPS) is 10.4. The summed E-state index contributed by atoms with van der Waals surface area (Å²) in [6, 6.07) is 13.7. The Morgan fingerprint density at radius 2 is 2.00 bits per heavy atom. The lowest BCUT2D eigenvalue weighted by atomic mass is 10.2. The van der Waals surface area contributed by atoms with Crippen LogP contribution in [0.4, 0.5) is 0 Å². The zero-order valence-corrected chi connectivity index (χ0v) is 13.7. The van der Waals surface area contributed by atoms with Crippen LogP contribution in [-0.4, -0.2) is 31.7 Å². The first-order chi connectivity index (χ1) is 11.6. The Hall–Kier alpha value is -2.86. The highest BCUT2D eigenvalue weighted by Gasteiger charge is 2.07. The maximum atomic E-state index is 11.9. The molecule has 0 atom stereocenters. The van der Waals surface area contributed by atoms with E-state index in [1.54, 1.807) is 37.4 Å². The van der Waals surface area contributed by atoms with Crippen molar-refractivity contribution in [3.8, 4) is 5.75 Å². The number of nitrogens with one attached hydrogen (secondary N) is 2. The average Bonchev–Trinajstić information content (AvgIpc) is 2.60. The molecule has 0 aromatic heterocycles. The van der Waals surface area contributed by atoms with Gasteiger partial charge in [0.25, 0.3) is 11.8 Å². The number of benzene rings is 2. The molecule has 0 saturated heterocycles. The van der Waals surface area contributed by atoms with Crippen molar-refractivity contribution in [1.29, 1.82) is 0 Å². The van der Waals surface area contributed by atoms with E-state index < -0.39 is 5.91 Å². The van der Waals surface area contributed by atoms with E-state index in [1.807, 2.05) is 12.1 Å². The summed E-state index contributed by atoms with van der Waals surface area (Å²) in [4.78, 5) is 23.5. The summed E-state index contributed by atoms with van der Waals surface area (Å²) in [7, 11) is 1.57. The number of hydrogen-bond acceptors (Lipinski definition) is 4. The Labute approximate surface area is 144 Å². The molecule has 0 aliphatic rings. The Morgan fingerprint density at radius 3 is 2.75 bits per heavy atom. The molecule has 0 unspecified atom stereocenters. The smallest absolute Gasteiger partial charge is 0.259 e. The lowest BCUT2D eigenvalue weighted by Crippen LogP contribution is -2.34. The van der Waals surface area contributed by atoms with Crippen LogP contribution in [0, 0.1) is 0 Å². The van der Waals surface area contributed by atoms with Crippen molar-refractivity contribution in [1.82, 2.24) is 10.7 Å². The fraction of sp³-hybridized carbons (Fsp3) is 0.118. The molecule has 0 aliphatic carbocycles. The highest BCUT2D eigenvalue weighted by atomic mass is 35.5. The first-order valence-electron chi connectivity index (χ1n) is 7.08. The van der Waals surface area contributed by atoms with Gasteiger partial charge in [-0.05, 0) is 35.9 Å². The van der Waals surface area contributed by atoms with E-state index in [0.29, 0.717) is 16.3 Å². The van der Waals surface area contributed by atoms with Crippen LogP contribution in [0.2, 0.25) is 5.02 Å². The molecule has 0 heterocycles. The first-order valence-corrected chi connectivity index (χ1v) is 7.46. The maximum Gasteiger partial charge on any atom is 0.259 e. The molecule has 0 spiro atoms. The van der Waals surface area contributed by atoms with Crippen LogP contribution in [0.1, 0.15) is 15.9 Å². The van der Waals surface area contributed by atoms with Crippen molar-refractivity contribution in [2.24, 2.45) is 5.10 Å². The predicted octanol–water partition coefficient (Wildman–Crippen LogP) is 2.23. The molecule has 124 valence electrons. The highest BCUT2D eigenvalue weighted by Crippen LogP contribution is 2.11. The van der Waals surface area contributed by atoms with E-state index in [2.05, 4.69) is 15.8 Å². The minimum absolute atomic E-state index is 0.194. The third kappa shape index (κ3) is 5.40. The summed E-state index contributed by atoms with van der Waals surface area (Å²) in [6.07, 6.45) is 1.49. The molecular formula is C17H16ClN3O3. The van der Waals surface area contributed by atoms with Crippen molar-refractivity contribution >= 4 is 29.6 Å². The third-order valence-electron chi connectivity index (χ3n) is 2.99. The van der Waals surface area contributed by atoms with Crippen LogP contribution in [0.5, 0.6) is 5.75 Å². The second kappa shape index (κ2) is 8.69. The van der Waals surface area contributed by atoms with Crippen LogP contribution in [0.15, 0.2) is 53.6 Å². The van der Waals surface area contributed by atoms with Crippen LogP contribution in [0.25, 0.3) is 0 Å². The molecule has 0 aliphatic heterocycles. The number of rotatable bonds is 6. The lowest BCUT2D eigenvalue weighted by Gasteiger charge is -2.04. The van der Waals surface area contributed by atoms with Gasteiger partial charge in [0.1, 0.15) is 5.75 Å². The van der Waals surface area contributed by atoms with E-state index in [0.717, 1.165) is 5.56 Å². The monoisotopic (exact) mass is 345 g/mol. The molecule has 0 saturated carbocycles. The fourth-order valence-electron chi connectivity index (χ4n) is 1.83. The van der Waals surface area contributed by atoms with Gasteiger partial charge < -0.3 is 10.1 Å². The van der Waals surface area contributed by atoms with Gasteiger partial charge in [0.15, 0.2) is 0 Å². The second-order valence-electron chi connectivity index (χ2n) is 4.76. The molecule has 2 amide bonds. The van der Waals surface area contributed by atoms with Crippen molar-refractivity contribution in [2.45, 2.75) is 0 Å².